The molecular formula is C16H16N2O2. The monoisotopic (exact) mass is 268 g/mol. The first-order chi connectivity index (χ1) is 9.58. The van der Waals surface area contributed by atoms with Crippen molar-refractivity contribution in [2.45, 2.75) is 20.8 Å². The second-order valence-electron chi connectivity index (χ2n) is 4.96. The smallest absolute Gasteiger partial charge is 0.180 e. The van der Waals surface area contributed by atoms with Gasteiger partial charge in [-0.15, -0.1) is 0 Å². The summed E-state index contributed by atoms with van der Waals surface area (Å²) in [5.74, 6) is 1.83. The van der Waals surface area contributed by atoms with Crippen LogP contribution in [0, 0.1) is 20.8 Å². The van der Waals surface area contributed by atoms with Gasteiger partial charge >= 0.3 is 0 Å². The Morgan fingerprint density at radius 1 is 1.05 bits per heavy atom. The summed E-state index contributed by atoms with van der Waals surface area (Å²) in [6.07, 6.45) is 1.63. The fraction of sp³-hybridized carbons (Fsp3) is 0.188. The fourth-order valence-electron chi connectivity index (χ4n) is 2.28. The Morgan fingerprint density at radius 2 is 1.85 bits per heavy atom. The molecule has 2 N–H and O–H groups in total. The van der Waals surface area contributed by atoms with Gasteiger partial charge in [0, 0.05) is 0 Å². The van der Waals surface area contributed by atoms with E-state index in [-0.39, 0.29) is 0 Å². The maximum absolute atomic E-state index is 5.98. The molecule has 4 heteroatoms. The molecule has 0 aliphatic heterocycles. The van der Waals surface area contributed by atoms with E-state index in [0.29, 0.717) is 11.6 Å². The number of furan rings is 1. The molecule has 2 aromatic heterocycles. The highest BCUT2D eigenvalue weighted by atomic mass is 16.5. The Hall–Kier alpha value is -2.49. The molecule has 0 atom stereocenters. The van der Waals surface area contributed by atoms with Crippen LogP contribution in [-0.4, -0.2) is 5.16 Å². The van der Waals surface area contributed by atoms with E-state index < -0.39 is 0 Å². The minimum absolute atomic E-state index is 0.392. The van der Waals surface area contributed by atoms with Gasteiger partial charge in [-0.3, -0.25) is 0 Å². The van der Waals surface area contributed by atoms with Crippen LogP contribution in [0.4, 0.5) is 5.82 Å². The molecule has 0 saturated heterocycles. The van der Waals surface area contributed by atoms with Crippen molar-refractivity contribution in [3.8, 4) is 22.5 Å². The lowest BCUT2D eigenvalue weighted by Gasteiger charge is -2.05. The van der Waals surface area contributed by atoms with E-state index in [1.807, 2.05) is 19.1 Å². The van der Waals surface area contributed by atoms with Crippen LogP contribution >= 0.6 is 0 Å². The van der Waals surface area contributed by atoms with Gasteiger partial charge in [0.25, 0.3) is 0 Å². The van der Waals surface area contributed by atoms with Crippen molar-refractivity contribution in [1.29, 1.82) is 0 Å². The van der Waals surface area contributed by atoms with Gasteiger partial charge in [0.1, 0.15) is 5.76 Å². The predicted octanol–water partition coefficient (Wildman–Crippen LogP) is 4.11. The zero-order valence-electron chi connectivity index (χ0n) is 11.7. The number of rotatable bonds is 2. The Bertz CT molecular complexity index is 769. The van der Waals surface area contributed by atoms with Crippen LogP contribution in [0.2, 0.25) is 0 Å². The van der Waals surface area contributed by atoms with Gasteiger partial charge in [-0.25, -0.2) is 0 Å². The van der Waals surface area contributed by atoms with Gasteiger partial charge in [-0.1, -0.05) is 23.4 Å². The molecule has 4 nitrogen and oxygen atoms in total. The number of aryl methyl sites for hydroxylation is 3. The van der Waals surface area contributed by atoms with Gasteiger partial charge in [0.2, 0.25) is 0 Å². The molecule has 0 spiro atoms. The number of hydrogen-bond donors (Lipinski definition) is 1. The third-order valence-electron chi connectivity index (χ3n) is 3.62. The van der Waals surface area contributed by atoms with Gasteiger partial charge < -0.3 is 14.7 Å². The molecule has 3 rings (SSSR count). The first-order valence-electron chi connectivity index (χ1n) is 6.45. The topological polar surface area (TPSA) is 65.2 Å². The molecule has 0 aliphatic rings. The average molecular weight is 268 g/mol. The Kier molecular flexibility index (Phi) is 2.86. The zero-order chi connectivity index (χ0) is 14.3. The molecule has 1 aromatic carbocycles. The predicted molar refractivity (Wildman–Crippen MR) is 78.3 cm³/mol. The number of nitrogens with two attached hydrogens (primary N) is 1. The SMILES string of the molecule is Cc1ccc(-c2c(N)noc2-c2ccoc2C)cc1C. The Balaban J connectivity index is 2.21. The van der Waals surface area contributed by atoms with Crippen molar-refractivity contribution in [2.75, 3.05) is 5.73 Å². The van der Waals surface area contributed by atoms with Gasteiger partial charge in [0.05, 0.1) is 17.4 Å². The van der Waals surface area contributed by atoms with Gasteiger partial charge in [-0.05, 0) is 43.5 Å². The molecule has 0 amide bonds. The Labute approximate surface area is 117 Å². The lowest BCUT2D eigenvalue weighted by molar-refractivity contribution is 0.434. The van der Waals surface area contributed by atoms with Crippen LogP contribution in [0.1, 0.15) is 16.9 Å². The van der Waals surface area contributed by atoms with E-state index in [0.717, 1.165) is 22.5 Å². The van der Waals surface area contributed by atoms with Crippen molar-refractivity contribution in [3.05, 3.63) is 47.4 Å². The summed E-state index contributed by atoms with van der Waals surface area (Å²) >= 11 is 0. The first-order valence-corrected chi connectivity index (χ1v) is 6.45. The van der Waals surface area contributed by atoms with Crippen LogP contribution in [0.5, 0.6) is 0 Å². The van der Waals surface area contributed by atoms with E-state index in [1.54, 1.807) is 6.26 Å². The molecule has 0 saturated carbocycles. The third-order valence-corrected chi connectivity index (χ3v) is 3.62. The zero-order valence-corrected chi connectivity index (χ0v) is 11.7. The number of aromatic nitrogens is 1. The normalized spacial score (nSPS) is 10.9. The summed E-state index contributed by atoms with van der Waals surface area (Å²) in [5, 5.41) is 3.90. The number of hydrogen-bond acceptors (Lipinski definition) is 4. The summed E-state index contributed by atoms with van der Waals surface area (Å²) in [5.41, 5.74) is 11.1. The molecule has 0 aliphatic carbocycles. The van der Waals surface area contributed by atoms with Crippen LogP contribution in [0.25, 0.3) is 22.5 Å². The highest BCUT2D eigenvalue weighted by molar-refractivity contribution is 5.87. The molecule has 0 fully saturated rings. The molecule has 0 unspecified atom stereocenters. The number of benzene rings is 1. The molecule has 20 heavy (non-hydrogen) atoms. The fourth-order valence-corrected chi connectivity index (χ4v) is 2.28. The highest BCUT2D eigenvalue weighted by Crippen LogP contribution is 2.38. The van der Waals surface area contributed by atoms with Crippen molar-refractivity contribution < 1.29 is 8.94 Å². The van der Waals surface area contributed by atoms with Crippen LogP contribution < -0.4 is 5.73 Å². The van der Waals surface area contributed by atoms with Crippen LogP contribution in [0.3, 0.4) is 0 Å². The molecule has 0 radical (unpaired) electrons. The lowest BCUT2D eigenvalue weighted by atomic mass is 9.98. The van der Waals surface area contributed by atoms with Gasteiger partial charge in [-0.2, -0.15) is 0 Å². The highest BCUT2D eigenvalue weighted by Gasteiger charge is 2.20. The molecule has 2 heterocycles. The summed E-state index contributed by atoms with van der Waals surface area (Å²) in [6.45, 7) is 6.04. The van der Waals surface area contributed by atoms with Crippen LogP contribution in [0.15, 0.2) is 39.5 Å². The molecule has 0 bridgehead atoms. The number of nitrogen functional groups attached to an aromatic ring is 1. The Morgan fingerprint density at radius 3 is 2.50 bits per heavy atom. The van der Waals surface area contributed by atoms with E-state index in [4.69, 9.17) is 14.7 Å². The average Bonchev–Trinajstić information content (AvgIpc) is 2.99. The van der Waals surface area contributed by atoms with Crippen molar-refractivity contribution in [2.24, 2.45) is 0 Å². The quantitative estimate of drug-likeness (QED) is 0.759. The van der Waals surface area contributed by atoms with E-state index >= 15 is 0 Å². The first kappa shape index (κ1) is 12.5. The second kappa shape index (κ2) is 4.56. The van der Waals surface area contributed by atoms with Crippen LogP contribution in [-0.2, 0) is 0 Å². The van der Waals surface area contributed by atoms with Gasteiger partial charge in [0.15, 0.2) is 11.6 Å². The molecule has 102 valence electrons. The maximum atomic E-state index is 5.98. The summed E-state index contributed by atoms with van der Waals surface area (Å²) in [6, 6.07) is 8.06. The molecule has 3 aromatic rings. The standard InChI is InChI=1S/C16H16N2O2/c1-9-4-5-12(8-10(9)2)14-15(20-18-16(14)17)13-6-7-19-11(13)3/h4-8H,1-3H3,(H2,17,18). The summed E-state index contributed by atoms with van der Waals surface area (Å²) in [4.78, 5) is 0. The minimum Gasteiger partial charge on any atom is -0.469 e. The third kappa shape index (κ3) is 1.90. The van der Waals surface area contributed by atoms with E-state index in [1.165, 1.54) is 11.1 Å². The maximum Gasteiger partial charge on any atom is 0.180 e. The molecular weight excluding hydrogens is 252 g/mol. The lowest BCUT2D eigenvalue weighted by Crippen LogP contribution is -1.90. The van der Waals surface area contributed by atoms with Crippen molar-refractivity contribution >= 4 is 5.82 Å². The van der Waals surface area contributed by atoms with E-state index in [9.17, 15) is 0 Å². The summed E-state index contributed by atoms with van der Waals surface area (Å²) in [7, 11) is 0. The minimum atomic E-state index is 0.392. The number of anilines is 1. The van der Waals surface area contributed by atoms with E-state index in [2.05, 4.69) is 31.1 Å². The second-order valence-corrected chi connectivity index (χ2v) is 4.96. The number of nitrogens with zero attached hydrogens (tertiary/aromatic N) is 1. The largest absolute Gasteiger partial charge is 0.469 e. The summed E-state index contributed by atoms with van der Waals surface area (Å²) < 4.78 is 10.7. The van der Waals surface area contributed by atoms with Crippen molar-refractivity contribution in [1.82, 2.24) is 5.16 Å². The van der Waals surface area contributed by atoms with Crippen molar-refractivity contribution in [3.63, 3.8) is 0 Å².